The second-order valence-electron chi connectivity index (χ2n) is 3.42. The van der Waals surface area contributed by atoms with Gasteiger partial charge in [-0.2, -0.15) is 13.2 Å². The van der Waals surface area contributed by atoms with Crippen LogP contribution in [0.25, 0.3) is 0 Å². The summed E-state index contributed by atoms with van der Waals surface area (Å²) in [6, 6.07) is 6.22. The van der Waals surface area contributed by atoms with Gasteiger partial charge in [0.15, 0.2) is 12.4 Å². The SMILES string of the molecule is CCCCCC[n+]1ccccc1.FC(F)F. The monoisotopic (exact) mass is 234 g/mol. The Morgan fingerprint density at radius 1 is 0.938 bits per heavy atom. The van der Waals surface area contributed by atoms with Gasteiger partial charge < -0.3 is 0 Å². The highest BCUT2D eigenvalue weighted by atomic mass is 19.4. The molecule has 1 aromatic rings. The topological polar surface area (TPSA) is 3.88 Å². The van der Waals surface area contributed by atoms with Crippen LogP contribution in [-0.4, -0.2) is 6.68 Å². The summed E-state index contributed by atoms with van der Waals surface area (Å²) in [6.07, 6.45) is 9.62. The number of alkyl halides is 3. The first-order chi connectivity index (χ1) is 7.66. The number of halogens is 3. The van der Waals surface area contributed by atoms with E-state index in [1.165, 1.54) is 32.2 Å². The van der Waals surface area contributed by atoms with Crippen LogP contribution in [0.2, 0.25) is 0 Å². The predicted molar refractivity (Wildman–Crippen MR) is 57.9 cm³/mol. The maximum Gasteiger partial charge on any atom is 0.379 e. The lowest BCUT2D eigenvalue weighted by atomic mass is 10.2. The van der Waals surface area contributed by atoms with Crippen molar-refractivity contribution in [2.75, 3.05) is 0 Å². The molecule has 0 aliphatic carbocycles. The molecule has 0 radical (unpaired) electrons. The summed E-state index contributed by atoms with van der Waals surface area (Å²) in [5.41, 5.74) is 0. The Labute approximate surface area is 94.9 Å². The minimum Gasteiger partial charge on any atom is -0.205 e. The Morgan fingerprint density at radius 3 is 2.00 bits per heavy atom. The van der Waals surface area contributed by atoms with E-state index in [0.717, 1.165) is 0 Å². The number of nitrogens with zero attached hydrogens (tertiary/aromatic N) is 1. The summed E-state index contributed by atoms with van der Waals surface area (Å²) in [5, 5.41) is 0. The lowest BCUT2D eigenvalue weighted by molar-refractivity contribution is -0.697. The number of unbranched alkanes of at least 4 members (excludes halogenated alkanes) is 3. The average Bonchev–Trinajstić information content (AvgIpc) is 2.25. The van der Waals surface area contributed by atoms with Gasteiger partial charge in [-0.3, -0.25) is 0 Å². The number of hydrogen-bond acceptors (Lipinski definition) is 0. The van der Waals surface area contributed by atoms with Gasteiger partial charge in [0.25, 0.3) is 0 Å². The quantitative estimate of drug-likeness (QED) is 0.540. The molecule has 1 aromatic heterocycles. The van der Waals surface area contributed by atoms with Crippen molar-refractivity contribution in [3.8, 4) is 0 Å². The lowest BCUT2D eigenvalue weighted by Gasteiger charge is -1.95. The molecule has 1 heterocycles. The zero-order valence-electron chi connectivity index (χ0n) is 9.58. The van der Waals surface area contributed by atoms with E-state index in [-0.39, 0.29) is 0 Å². The van der Waals surface area contributed by atoms with E-state index in [4.69, 9.17) is 0 Å². The molecule has 92 valence electrons. The second kappa shape index (κ2) is 10.5. The molecule has 1 rings (SSSR count). The van der Waals surface area contributed by atoms with Gasteiger partial charge in [0.2, 0.25) is 0 Å². The van der Waals surface area contributed by atoms with Crippen LogP contribution in [0.3, 0.4) is 0 Å². The van der Waals surface area contributed by atoms with Gasteiger partial charge in [-0.15, -0.1) is 0 Å². The Balaban J connectivity index is 0.000000487. The third kappa shape index (κ3) is 11.0. The molecule has 16 heavy (non-hydrogen) atoms. The summed E-state index contributed by atoms with van der Waals surface area (Å²) in [4.78, 5) is 0. The first-order valence-electron chi connectivity index (χ1n) is 5.53. The molecule has 0 saturated carbocycles. The fourth-order valence-corrected chi connectivity index (χ4v) is 1.30. The highest BCUT2D eigenvalue weighted by Gasteiger charge is 1.95. The van der Waals surface area contributed by atoms with Crippen molar-refractivity contribution >= 4 is 0 Å². The van der Waals surface area contributed by atoms with Gasteiger partial charge in [-0.1, -0.05) is 25.8 Å². The summed E-state index contributed by atoms with van der Waals surface area (Å²) in [5.74, 6) is 0. The standard InChI is InChI=1S/C11H18N.CHF3/c1-2-3-4-6-9-12-10-7-5-8-11-12;2-1(3)4/h5,7-8,10-11H,2-4,6,9H2,1H3;1H/q+1;. The van der Waals surface area contributed by atoms with Crippen molar-refractivity contribution in [3.63, 3.8) is 0 Å². The summed E-state index contributed by atoms with van der Waals surface area (Å²) in [6.45, 7) is -0.253. The van der Waals surface area contributed by atoms with Crippen molar-refractivity contribution in [3.05, 3.63) is 30.6 Å². The normalized spacial score (nSPS) is 9.81. The van der Waals surface area contributed by atoms with Crippen LogP contribution in [0.15, 0.2) is 30.6 Å². The molecule has 0 N–H and O–H groups in total. The Kier molecular flexibility index (Phi) is 9.76. The van der Waals surface area contributed by atoms with Crippen LogP contribution >= 0.6 is 0 Å². The smallest absolute Gasteiger partial charge is 0.205 e. The average molecular weight is 234 g/mol. The molecule has 0 spiro atoms. The molecule has 0 bridgehead atoms. The highest BCUT2D eigenvalue weighted by molar-refractivity contribution is 4.83. The molecule has 0 unspecified atom stereocenters. The van der Waals surface area contributed by atoms with Crippen molar-refractivity contribution < 1.29 is 17.7 Å². The number of pyridine rings is 1. The van der Waals surface area contributed by atoms with E-state index in [1.54, 1.807) is 0 Å². The number of rotatable bonds is 5. The van der Waals surface area contributed by atoms with E-state index in [0.29, 0.717) is 0 Å². The largest absolute Gasteiger partial charge is 0.379 e. The number of aromatic nitrogens is 1. The minimum atomic E-state index is -3.67. The molecule has 0 aliphatic rings. The molecule has 0 fully saturated rings. The van der Waals surface area contributed by atoms with E-state index in [2.05, 4.69) is 42.1 Å². The zero-order valence-corrected chi connectivity index (χ0v) is 9.58. The summed E-state index contributed by atoms with van der Waals surface area (Å²) in [7, 11) is 0. The van der Waals surface area contributed by atoms with Crippen molar-refractivity contribution in [1.29, 1.82) is 0 Å². The Bertz CT molecular complexity index is 237. The van der Waals surface area contributed by atoms with Crippen LogP contribution in [0.4, 0.5) is 13.2 Å². The van der Waals surface area contributed by atoms with Crippen molar-refractivity contribution in [1.82, 2.24) is 0 Å². The first kappa shape index (κ1) is 14.9. The molecular formula is C12H19F3N+. The van der Waals surface area contributed by atoms with Crippen LogP contribution in [0.5, 0.6) is 0 Å². The van der Waals surface area contributed by atoms with Crippen LogP contribution < -0.4 is 4.57 Å². The van der Waals surface area contributed by atoms with Crippen LogP contribution in [-0.2, 0) is 6.54 Å². The number of aryl methyl sites for hydroxylation is 1. The zero-order chi connectivity index (χ0) is 12.2. The predicted octanol–water partition coefficient (Wildman–Crippen LogP) is 3.73. The van der Waals surface area contributed by atoms with E-state index < -0.39 is 6.68 Å². The molecule has 0 amide bonds. The highest BCUT2D eigenvalue weighted by Crippen LogP contribution is 1.97. The minimum absolute atomic E-state index is 1.17. The van der Waals surface area contributed by atoms with Crippen molar-refractivity contribution in [2.24, 2.45) is 0 Å². The first-order valence-corrected chi connectivity index (χ1v) is 5.53. The molecule has 4 heteroatoms. The fraction of sp³-hybridized carbons (Fsp3) is 0.583. The lowest BCUT2D eigenvalue weighted by Crippen LogP contribution is -2.32. The fourth-order valence-electron chi connectivity index (χ4n) is 1.30. The molecule has 0 aromatic carbocycles. The van der Waals surface area contributed by atoms with Gasteiger partial charge in [0.05, 0.1) is 0 Å². The summed E-state index contributed by atoms with van der Waals surface area (Å²) >= 11 is 0. The third-order valence-electron chi connectivity index (χ3n) is 2.05. The van der Waals surface area contributed by atoms with Gasteiger partial charge in [-0.25, -0.2) is 4.57 Å². The molecule has 0 saturated heterocycles. The van der Waals surface area contributed by atoms with Crippen LogP contribution in [0.1, 0.15) is 32.6 Å². The van der Waals surface area contributed by atoms with Crippen LogP contribution in [0, 0.1) is 0 Å². The van der Waals surface area contributed by atoms with E-state index in [1.807, 2.05) is 0 Å². The Hall–Kier alpha value is -1.06. The van der Waals surface area contributed by atoms with Crippen molar-refractivity contribution in [2.45, 2.75) is 45.8 Å². The van der Waals surface area contributed by atoms with E-state index >= 15 is 0 Å². The second-order valence-corrected chi connectivity index (χ2v) is 3.42. The Morgan fingerprint density at radius 2 is 1.50 bits per heavy atom. The van der Waals surface area contributed by atoms with Gasteiger partial charge in [0, 0.05) is 18.6 Å². The maximum atomic E-state index is 9.67. The summed E-state index contributed by atoms with van der Waals surface area (Å²) < 4.78 is 31.2. The third-order valence-corrected chi connectivity index (χ3v) is 2.05. The van der Waals surface area contributed by atoms with Gasteiger partial charge in [-0.05, 0) is 6.42 Å². The van der Waals surface area contributed by atoms with E-state index in [9.17, 15) is 13.2 Å². The van der Waals surface area contributed by atoms with Gasteiger partial charge >= 0.3 is 6.68 Å². The van der Waals surface area contributed by atoms with Gasteiger partial charge in [0.1, 0.15) is 6.54 Å². The molecular weight excluding hydrogens is 215 g/mol. The maximum absolute atomic E-state index is 9.67. The molecule has 0 aliphatic heterocycles. The molecule has 0 atom stereocenters. The number of hydrogen-bond donors (Lipinski definition) is 0. The molecule has 1 nitrogen and oxygen atoms in total.